The average Bonchev–Trinajstić information content (AvgIpc) is 2.14. The van der Waals surface area contributed by atoms with E-state index in [1.807, 2.05) is 0 Å². The Balaban J connectivity index is 2.36. The maximum Gasteiger partial charge on any atom is 0.0589 e. The summed E-state index contributed by atoms with van der Waals surface area (Å²) in [6.45, 7) is 6.40. The molecule has 84 valence electrons. The summed E-state index contributed by atoms with van der Waals surface area (Å²) < 4.78 is 5.14. The summed E-state index contributed by atoms with van der Waals surface area (Å²) in [5.74, 6) is 0. The normalized spacial score (nSPS) is 28.9. The van der Waals surface area contributed by atoms with Crippen molar-refractivity contribution < 1.29 is 4.74 Å². The van der Waals surface area contributed by atoms with Gasteiger partial charge in [0.05, 0.1) is 6.61 Å². The molecule has 1 atom stereocenters. The van der Waals surface area contributed by atoms with Crippen molar-refractivity contribution in [2.24, 2.45) is 5.73 Å². The van der Waals surface area contributed by atoms with E-state index in [0.29, 0.717) is 18.1 Å². The van der Waals surface area contributed by atoms with Gasteiger partial charge in [-0.05, 0) is 26.2 Å². The van der Waals surface area contributed by atoms with E-state index in [2.05, 4.69) is 18.7 Å². The fourth-order valence-electron chi connectivity index (χ4n) is 2.09. The van der Waals surface area contributed by atoms with Crippen LogP contribution >= 0.6 is 0 Å². The Morgan fingerprint density at radius 1 is 1.50 bits per heavy atom. The lowest BCUT2D eigenvalue weighted by atomic mass is 9.85. The second kappa shape index (κ2) is 5.69. The van der Waals surface area contributed by atoms with Gasteiger partial charge in [0.25, 0.3) is 0 Å². The van der Waals surface area contributed by atoms with Crippen molar-refractivity contribution in [3.63, 3.8) is 0 Å². The van der Waals surface area contributed by atoms with Crippen LogP contribution in [0.25, 0.3) is 0 Å². The highest BCUT2D eigenvalue weighted by Gasteiger charge is 2.32. The highest BCUT2D eigenvalue weighted by Crippen LogP contribution is 2.26. The van der Waals surface area contributed by atoms with E-state index in [1.165, 1.54) is 6.42 Å². The van der Waals surface area contributed by atoms with Crippen LogP contribution in [0.3, 0.4) is 0 Å². The summed E-state index contributed by atoms with van der Waals surface area (Å²) in [6.07, 6.45) is 3.53. The van der Waals surface area contributed by atoms with Crippen LogP contribution in [0.1, 0.15) is 33.1 Å². The second-order valence-corrected chi connectivity index (χ2v) is 4.37. The average molecular weight is 200 g/mol. The zero-order valence-electron chi connectivity index (χ0n) is 9.70. The minimum Gasteiger partial charge on any atom is -0.383 e. The smallest absolute Gasteiger partial charge is 0.0589 e. The van der Waals surface area contributed by atoms with Crippen LogP contribution in [0, 0.1) is 0 Å². The Morgan fingerprint density at radius 2 is 2.14 bits per heavy atom. The molecule has 1 aliphatic carbocycles. The lowest BCUT2D eigenvalue weighted by Gasteiger charge is -2.44. The molecule has 1 unspecified atom stereocenters. The molecule has 2 N–H and O–H groups in total. The van der Waals surface area contributed by atoms with Gasteiger partial charge in [-0.2, -0.15) is 0 Å². The predicted octanol–water partition coefficient (Wildman–Crippen LogP) is 1.22. The first-order valence-corrected chi connectivity index (χ1v) is 5.69. The van der Waals surface area contributed by atoms with Gasteiger partial charge in [-0.15, -0.1) is 0 Å². The van der Waals surface area contributed by atoms with Crippen LogP contribution in [0.4, 0.5) is 0 Å². The molecular weight excluding hydrogens is 176 g/mol. The van der Waals surface area contributed by atoms with Crippen LogP contribution in [0.5, 0.6) is 0 Å². The van der Waals surface area contributed by atoms with Gasteiger partial charge in [0.15, 0.2) is 0 Å². The van der Waals surface area contributed by atoms with E-state index in [4.69, 9.17) is 10.5 Å². The summed E-state index contributed by atoms with van der Waals surface area (Å²) >= 11 is 0. The molecule has 3 heteroatoms. The molecule has 1 aliphatic rings. The molecule has 0 aromatic carbocycles. The van der Waals surface area contributed by atoms with Gasteiger partial charge in [-0.1, -0.05) is 6.92 Å². The van der Waals surface area contributed by atoms with Crippen molar-refractivity contribution in [1.82, 2.24) is 4.90 Å². The topological polar surface area (TPSA) is 38.5 Å². The fourth-order valence-corrected chi connectivity index (χ4v) is 2.09. The Kier molecular flexibility index (Phi) is 4.85. The highest BCUT2D eigenvalue weighted by molar-refractivity contribution is 4.91. The second-order valence-electron chi connectivity index (χ2n) is 4.37. The molecule has 0 amide bonds. The van der Waals surface area contributed by atoms with Crippen molar-refractivity contribution in [1.29, 1.82) is 0 Å². The van der Waals surface area contributed by atoms with E-state index in [1.54, 1.807) is 7.11 Å². The van der Waals surface area contributed by atoms with Crippen LogP contribution < -0.4 is 5.73 Å². The van der Waals surface area contributed by atoms with Crippen LogP contribution in [-0.4, -0.2) is 43.3 Å². The third-order valence-corrected chi connectivity index (χ3v) is 3.33. The van der Waals surface area contributed by atoms with E-state index in [-0.39, 0.29) is 0 Å². The first kappa shape index (κ1) is 12.0. The van der Waals surface area contributed by atoms with Crippen molar-refractivity contribution >= 4 is 0 Å². The summed E-state index contributed by atoms with van der Waals surface area (Å²) in [5.41, 5.74) is 5.82. The van der Waals surface area contributed by atoms with Crippen LogP contribution in [-0.2, 0) is 4.74 Å². The number of nitrogens with zero attached hydrogens (tertiary/aromatic N) is 1. The number of methoxy groups -OCH3 is 1. The molecule has 0 aromatic heterocycles. The number of hydrogen-bond donors (Lipinski definition) is 1. The van der Waals surface area contributed by atoms with Crippen LogP contribution in [0.15, 0.2) is 0 Å². The summed E-state index contributed by atoms with van der Waals surface area (Å²) in [6, 6.07) is 1.80. The van der Waals surface area contributed by atoms with Crippen molar-refractivity contribution in [3.8, 4) is 0 Å². The lowest BCUT2D eigenvalue weighted by molar-refractivity contribution is 0.0447. The van der Waals surface area contributed by atoms with E-state index >= 15 is 0 Å². The predicted molar refractivity (Wildman–Crippen MR) is 59.3 cm³/mol. The number of nitrogens with two attached hydrogens (primary N) is 1. The Bertz CT molecular complexity index is 157. The van der Waals surface area contributed by atoms with E-state index in [0.717, 1.165) is 26.0 Å². The molecule has 0 saturated heterocycles. The quantitative estimate of drug-likeness (QED) is 0.700. The monoisotopic (exact) mass is 200 g/mol. The summed E-state index contributed by atoms with van der Waals surface area (Å²) in [7, 11) is 1.77. The van der Waals surface area contributed by atoms with Crippen molar-refractivity contribution in [2.45, 2.75) is 51.2 Å². The van der Waals surface area contributed by atoms with Gasteiger partial charge >= 0.3 is 0 Å². The summed E-state index contributed by atoms with van der Waals surface area (Å²) in [4.78, 5) is 2.55. The first-order valence-electron chi connectivity index (χ1n) is 5.69. The van der Waals surface area contributed by atoms with Crippen molar-refractivity contribution in [3.05, 3.63) is 0 Å². The third kappa shape index (κ3) is 2.94. The third-order valence-electron chi connectivity index (χ3n) is 3.33. The molecule has 0 bridgehead atoms. The Hall–Kier alpha value is -0.120. The molecule has 1 fully saturated rings. The number of hydrogen-bond acceptors (Lipinski definition) is 3. The molecule has 3 nitrogen and oxygen atoms in total. The molecule has 0 radical (unpaired) electrons. The minimum absolute atomic E-state index is 0.439. The molecular formula is C11H24N2O. The molecule has 1 rings (SSSR count). The zero-order chi connectivity index (χ0) is 10.6. The van der Waals surface area contributed by atoms with Gasteiger partial charge in [0.2, 0.25) is 0 Å². The molecule has 0 heterocycles. The first-order chi connectivity index (χ1) is 6.69. The minimum atomic E-state index is 0.439. The van der Waals surface area contributed by atoms with E-state index in [9.17, 15) is 0 Å². The largest absolute Gasteiger partial charge is 0.383 e. The molecule has 0 spiro atoms. The maximum absolute atomic E-state index is 5.82. The van der Waals surface area contributed by atoms with E-state index < -0.39 is 0 Å². The molecule has 0 aliphatic heterocycles. The molecule has 0 aromatic rings. The van der Waals surface area contributed by atoms with Crippen molar-refractivity contribution in [2.75, 3.05) is 20.3 Å². The lowest BCUT2D eigenvalue weighted by Crippen LogP contribution is -2.54. The van der Waals surface area contributed by atoms with Gasteiger partial charge in [-0.3, -0.25) is 4.90 Å². The summed E-state index contributed by atoms with van der Waals surface area (Å²) in [5, 5.41) is 0. The SMILES string of the molecule is CCC(C)N(CCOC)C1CC(N)C1. The molecule has 1 saturated carbocycles. The number of ether oxygens (including phenoxy) is 1. The Labute approximate surface area is 87.6 Å². The van der Waals surface area contributed by atoms with Gasteiger partial charge in [-0.25, -0.2) is 0 Å². The fraction of sp³-hybridized carbons (Fsp3) is 1.00. The van der Waals surface area contributed by atoms with Gasteiger partial charge in [0, 0.05) is 31.8 Å². The van der Waals surface area contributed by atoms with Crippen LogP contribution in [0.2, 0.25) is 0 Å². The maximum atomic E-state index is 5.82. The number of rotatable bonds is 6. The standard InChI is InChI=1S/C11H24N2O/c1-4-9(2)13(5-6-14-3)11-7-10(12)8-11/h9-11H,4-8,12H2,1-3H3. The molecule has 14 heavy (non-hydrogen) atoms. The van der Waals surface area contributed by atoms with Gasteiger partial charge < -0.3 is 10.5 Å². The Morgan fingerprint density at radius 3 is 2.57 bits per heavy atom. The van der Waals surface area contributed by atoms with Gasteiger partial charge in [0.1, 0.15) is 0 Å². The highest BCUT2D eigenvalue weighted by atomic mass is 16.5. The zero-order valence-corrected chi connectivity index (χ0v) is 9.70.